The third kappa shape index (κ3) is 5.27. The molecule has 1 amide bonds. The summed E-state index contributed by atoms with van der Waals surface area (Å²) in [6.45, 7) is 0.194. The van der Waals surface area contributed by atoms with Crippen LogP contribution in [0.2, 0.25) is 0 Å². The van der Waals surface area contributed by atoms with Gasteiger partial charge < -0.3 is 4.74 Å². The molecule has 5 heteroatoms. The van der Waals surface area contributed by atoms with Gasteiger partial charge in [-0.1, -0.05) is 66.7 Å². The first-order valence-corrected chi connectivity index (χ1v) is 8.30. The Morgan fingerprint density at radius 1 is 0.885 bits per heavy atom. The molecule has 3 aromatic rings. The van der Waals surface area contributed by atoms with Crippen molar-refractivity contribution in [1.29, 1.82) is 0 Å². The van der Waals surface area contributed by atoms with Gasteiger partial charge in [0, 0.05) is 12.6 Å². The minimum atomic E-state index is -0.602. The van der Waals surface area contributed by atoms with Crippen LogP contribution in [-0.4, -0.2) is 16.8 Å². The van der Waals surface area contributed by atoms with E-state index in [0.717, 1.165) is 11.1 Å². The van der Waals surface area contributed by atoms with E-state index in [4.69, 9.17) is 4.74 Å². The van der Waals surface area contributed by atoms with Gasteiger partial charge in [0.25, 0.3) is 0 Å². The Morgan fingerprint density at radius 2 is 1.54 bits per heavy atom. The van der Waals surface area contributed by atoms with Gasteiger partial charge in [0.05, 0.1) is 11.4 Å². The van der Waals surface area contributed by atoms with Crippen molar-refractivity contribution < 1.29 is 9.53 Å². The van der Waals surface area contributed by atoms with Gasteiger partial charge in [0.1, 0.15) is 6.61 Å². The molecule has 1 N–H and O–H groups in total. The van der Waals surface area contributed by atoms with Crippen LogP contribution in [0, 0.1) is 0 Å². The lowest BCUT2D eigenvalue weighted by Crippen LogP contribution is -2.22. The van der Waals surface area contributed by atoms with Gasteiger partial charge in [-0.05, 0) is 23.3 Å². The van der Waals surface area contributed by atoms with Crippen LogP contribution < -0.4 is 5.43 Å². The van der Waals surface area contributed by atoms with Gasteiger partial charge in [-0.25, -0.2) is 10.2 Å². The summed E-state index contributed by atoms with van der Waals surface area (Å²) in [6, 6.07) is 25.0. The van der Waals surface area contributed by atoms with Crippen molar-refractivity contribution in [3.63, 3.8) is 0 Å². The predicted octanol–water partition coefficient (Wildman–Crippen LogP) is 3.95. The van der Waals surface area contributed by atoms with Crippen LogP contribution in [0.4, 0.5) is 4.79 Å². The zero-order valence-electron chi connectivity index (χ0n) is 14.2. The second-order valence-corrected chi connectivity index (χ2v) is 5.61. The Morgan fingerprint density at radius 3 is 2.19 bits per heavy atom. The second-order valence-electron chi connectivity index (χ2n) is 5.61. The summed E-state index contributed by atoms with van der Waals surface area (Å²) in [6.07, 6.45) is 1.65. The molecule has 0 aliphatic rings. The molecule has 0 bridgehead atoms. The smallest absolute Gasteiger partial charge is 0.428 e. The average Bonchev–Trinajstić information content (AvgIpc) is 2.72. The third-order valence-corrected chi connectivity index (χ3v) is 3.67. The maximum atomic E-state index is 11.9. The highest BCUT2D eigenvalue weighted by Gasteiger charge is 2.08. The van der Waals surface area contributed by atoms with E-state index in [9.17, 15) is 4.79 Å². The quantitative estimate of drug-likeness (QED) is 0.543. The molecule has 2 aromatic carbocycles. The summed E-state index contributed by atoms with van der Waals surface area (Å²) in [5.74, 6) is 0. The normalized spacial score (nSPS) is 11.0. The number of hydrazone groups is 1. The standard InChI is InChI=1S/C21H19N3O2/c25-21(26-16-18-11-5-2-6-12-18)24-23-20(19-13-7-8-14-22-19)15-17-9-3-1-4-10-17/h1-14H,15-16H2,(H,24,25). The van der Waals surface area contributed by atoms with Crippen molar-refractivity contribution in [2.24, 2.45) is 5.10 Å². The summed E-state index contributed by atoms with van der Waals surface area (Å²) < 4.78 is 5.19. The first-order valence-electron chi connectivity index (χ1n) is 8.30. The van der Waals surface area contributed by atoms with Crippen molar-refractivity contribution in [2.45, 2.75) is 13.0 Å². The Labute approximate surface area is 152 Å². The molecule has 0 saturated heterocycles. The summed E-state index contributed by atoms with van der Waals surface area (Å²) >= 11 is 0. The zero-order chi connectivity index (χ0) is 18.0. The monoisotopic (exact) mass is 345 g/mol. The number of pyridine rings is 1. The molecule has 0 spiro atoms. The van der Waals surface area contributed by atoms with Crippen molar-refractivity contribution in [3.05, 3.63) is 102 Å². The topological polar surface area (TPSA) is 63.6 Å². The molecule has 0 aliphatic carbocycles. The number of nitrogens with one attached hydrogen (secondary N) is 1. The minimum Gasteiger partial charge on any atom is -0.443 e. The summed E-state index contributed by atoms with van der Waals surface area (Å²) in [5.41, 5.74) is 5.82. The van der Waals surface area contributed by atoms with E-state index in [1.807, 2.05) is 78.9 Å². The van der Waals surface area contributed by atoms with Crippen molar-refractivity contribution >= 4 is 11.8 Å². The SMILES string of the molecule is O=C(NN=C(Cc1ccccc1)c1ccccn1)OCc1ccccc1. The number of carbonyl (C=O) groups is 1. The minimum absolute atomic E-state index is 0.194. The Bertz CT molecular complexity index is 850. The number of hydrogen-bond acceptors (Lipinski definition) is 4. The van der Waals surface area contributed by atoms with E-state index < -0.39 is 6.09 Å². The largest absolute Gasteiger partial charge is 0.443 e. The molecule has 3 rings (SSSR count). The summed E-state index contributed by atoms with van der Waals surface area (Å²) in [7, 11) is 0. The molecule has 0 unspecified atom stereocenters. The number of nitrogens with zero attached hydrogens (tertiary/aromatic N) is 2. The Hall–Kier alpha value is -3.47. The molecular formula is C21H19N3O2. The number of amides is 1. The number of ether oxygens (including phenoxy) is 1. The Balaban J connectivity index is 1.66. The van der Waals surface area contributed by atoms with Gasteiger partial charge in [0.2, 0.25) is 0 Å². The maximum Gasteiger partial charge on any atom is 0.428 e. The van der Waals surface area contributed by atoms with Crippen LogP contribution in [-0.2, 0) is 17.8 Å². The van der Waals surface area contributed by atoms with Gasteiger partial charge >= 0.3 is 6.09 Å². The van der Waals surface area contributed by atoms with E-state index in [2.05, 4.69) is 15.5 Å². The summed E-state index contributed by atoms with van der Waals surface area (Å²) in [5, 5.41) is 4.23. The van der Waals surface area contributed by atoms with E-state index in [1.165, 1.54) is 0 Å². The number of aromatic nitrogens is 1. The molecule has 0 atom stereocenters. The lowest BCUT2D eigenvalue weighted by atomic mass is 10.1. The molecule has 130 valence electrons. The van der Waals surface area contributed by atoms with E-state index in [1.54, 1.807) is 6.20 Å². The molecule has 1 aromatic heterocycles. The van der Waals surface area contributed by atoms with E-state index in [-0.39, 0.29) is 6.61 Å². The van der Waals surface area contributed by atoms with Gasteiger partial charge in [-0.3, -0.25) is 4.98 Å². The lowest BCUT2D eigenvalue weighted by Gasteiger charge is -2.08. The fourth-order valence-electron chi connectivity index (χ4n) is 2.38. The van der Waals surface area contributed by atoms with Crippen LogP contribution in [0.25, 0.3) is 0 Å². The van der Waals surface area contributed by atoms with Crippen LogP contribution in [0.1, 0.15) is 16.8 Å². The highest BCUT2D eigenvalue weighted by Crippen LogP contribution is 2.07. The Kier molecular flexibility index (Phi) is 6.09. The molecule has 0 radical (unpaired) electrons. The second kappa shape index (κ2) is 9.13. The number of hydrogen-bond donors (Lipinski definition) is 1. The predicted molar refractivity (Wildman–Crippen MR) is 101 cm³/mol. The third-order valence-electron chi connectivity index (χ3n) is 3.67. The molecule has 0 saturated carbocycles. The first-order chi connectivity index (χ1) is 12.8. The molecular weight excluding hydrogens is 326 g/mol. The molecule has 0 aliphatic heterocycles. The number of rotatable bonds is 6. The van der Waals surface area contributed by atoms with Gasteiger partial charge in [0.15, 0.2) is 0 Å². The van der Waals surface area contributed by atoms with Crippen molar-refractivity contribution in [1.82, 2.24) is 10.4 Å². The first kappa shape index (κ1) is 17.4. The maximum absolute atomic E-state index is 11.9. The van der Waals surface area contributed by atoms with Gasteiger partial charge in [-0.15, -0.1) is 0 Å². The molecule has 0 fully saturated rings. The number of carbonyl (C=O) groups excluding carboxylic acids is 1. The lowest BCUT2D eigenvalue weighted by molar-refractivity contribution is 0.140. The highest BCUT2D eigenvalue weighted by molar-refractivity contribution is 6.00. The highest BCUT2D eigenvalue weighted by atomic mass is 16.5. The van der Waals surface area contributed by atoms with Crippen LogP contribution in [0.3, 0.4) is 0 Å². The molecule has 5 nitrogen and oxygen atoms in total. The number of benzene rings is 2. The van der Waals surface area contributed by atoms with E-state index in [0.29, 0.717) is 17.8 Å². The fourth-order valence-corrected chi connectivity index (χ4v) is 2.38. The van der Waals surface area contributed by atoms with Gasteiger partial charge in [-0.2, -0.15) is 5.10 Å². The molecule has 1 heterocycles. The average molecular weight is 345 g/mol. The van der Waals surface area contributed by atoms with Crippen LogP contribution in [0.5, 0.6) is 0 Å². The summed E-state index contributed by atoms with van der Waals surface area (Å²) in [4.78, 5) is 16.3. The van der Waals surface area contributed by atoms with Crippen molar-refractivity contribution in [2.75, 3.05) is 0 Å². The fraction of sp³-hybridized carbons (Fsp3) is 0.0952. The van der Waals surface area contributed by atoms with E-state index >= 15 is 0 Å². The molecule has 26 heavy (non-hydrogen) atoms. The van der Waals surface area contributed by atoms with Crippen molar-refractivity contribution in [3.8, 4) is 0 Å². The zero-order valence-corrected chi connectivity index (χ0v) is 14.2. The van der Waals surface area contributed by atoms with Crippen LogP contribution >= 0.6 is 0 Å². The van der Waals surface area contributed by atoms with Crippen LogP contribution in [0.15, 0.2) is 90.2 Å².